The molecule has 0 saturated carbocycles. The van der Waals surface area contributed by atoms with Crippen LogP contribution in [0, 0.1) is 5.82 Å². The van der Waals surface area contributed by atoms with Gasteiger partial charge in [-0.25, -0.2) is 4.39 Å². The molecule has 1 aliphatic rings. The first-order valence-electron chi connectivity index (χ1n) is 7.67. The molecule has 0 atom stereocenters. The van der Waals surface area contributed by atoms with Crippen molar-refractivity contribution >= 4 is 39.9 Å². The molecule has 0 fully saturated rings. The van der Waals surface area contributed by atoms with Gasteiger partial charge in [-0.15, -0.1) is 12.4 Å². The monoisotopic (exact) mass is 415 g/mol. The van der Waals surface area contributed by atoms with Crippen LogP contribution in [0.5, 0.6) is 0 Å². The van der Waals surface area contributed by atoms with Gasteiger partial charge in [0, 0.05) is 23.3 Å². The molecule has 2 N–H and O–H groups in total. The first-order valence-corrected chi connectivity index (χ1v) is 8.46. The Balaban J connectivity index is 0.00000208. The van der Waals surface area contributed by atoms with Gasteiger partial charge in [0.15, 0.2) is 0 Å². The Morgan fingerprint density at radius 2 is 2.17 bits per heavy atom. The third-order valence-corrected chi connectivity index (χ3v) is 4.49. The van der Waals surface area contributed by atoms with Crippen molar-refractivity contribution in [2.45, 2.75) is 32.9 Å². The van der Waals surface area contributed by atoms with Gasteiger partial charge in [0.2, 0.25) is 0 Å². The fraction of sp³-hybridized carbons (Fsp3) is 0.353. The van der Waals surface area contributed by atoms with Crippen molar-refractivity contribution in [3.05, 3.63) is 51.5 Å². The van der Waals surface area contributed by atoms with E-state index in [0.29, 0.717) is 24.2 Å². The third-order valence-electron chi connectivity index (χ3n) is 4.06. The van der Waals surface area contributed by atoms with Crippen LogP contribution in [-0.4, -0.2) is 17.0 Å². The number of rotatable bonds is 3. The predicted molar refractivity (Wildman–Crippen MR) is 99.5 cm³/mol. The van der Waals surface area contributed by atoms with Crippen molar-refractivity contribution in [2.75, 3.05) is 11.9 Å². The molecule has 130 valence electrons. The number of nitrogens with zero attached hydrogens (tertiary/aromatic N) is 1. The summed E-state index contributed by atoms with van der Waals surface area (Å²) in [7, 11) is 0. The standard InChI is InChI=1S/C17H19BrFN3O.ClH/c1-10(2)22-9-12(18)7-15(22)17(23)21-14-4-3-11-8-20-6-5-13(11)16(14)19;/h3-4,7,9-10,20H,5-6,8H2,1-2H3,(H,21,23);1H. The van der Waals surface area contributed by atoms with Crippen molar-refractivity contribution in [1.29, 1.82) is 0 Å². The summed E-state index contributed by atoms with van der Waals surface area (Å²) in [6.45, 7) is 5.42. The molecule has 0 saturated heterocycles. The molecular formula is C17H20BrClFN3O. The molecule has 0 spiro atoms. The quantitative estimate of drug-likeness (QED) is 0.784. The molecule has 0 radical (unpaired) electrons. The van der Waals surface area contributed by atoms with E-state index >= 15 is 0 Å². The minimum atomic E-state index is -0.320. The molecule has 0 unspecified atom stereocenters. The van der Waals surface area contributed by atoms with E-state index in [-0.39, 0.29) is 35.9 Å². The SMILES string of the molecule is CC(C)n1cc(Br)cc1C(=O)Nc1ccc2c(c1F)CCNC2.Cl. The molecule has 3 rings (SSSR count). The lowest BCUT2D eigenvalue weighted by Crippen LogP contribution is -2.25. The van der Waals surface area contributed by atoms with Crippen molar-refractivity contribution in [3.63, 3.8) is 0 Å². The van der Waals surface area contributed by atoms with E-state index in [1.165, 1.54) is 0 Å². The first kappa shape index (κ1) is 19.0. The van der Waals surface area contributed by atoms with Crippen molar-refractivity contribution < 1.29 is 9.18 Å². The van der Waals surface area contributed by atoms with Crippen LogP contribution < -0.4 is 10.6 Å². The van der Waals surface area contributed by atoms with Gasteiger partial charge in [-0.3, -0.25) is 4.79 Å². The number of carbonyl (C=O) groups excluding carboxylic acids is 1. The fourth-order valence-corrected chi connectivity index (χ4v) is 3.31. The Hall–Kier alpha value is -1.37. The summed E-state index contributed by atoms with van der Waals surface area (Å²) in [4.78, 5) is 12.5. The Bertz CT molecular complexity index is 761. The van der Waals surface area contributed by atoms with Crippen LogP contribution in [0.4, 0.5) is 10.1 Å². The Morgan fingerprint density at radius 1 is 1.42 bits per heavy atom. The highest BCUT2D eigenvalue weighted by molar-refractivity contribution is 9.10. The van der Waals surface area contributed by atoms with E-state index < -0.39 is 0 Å². The van der Waals surface area contributed by atoms with Crippen molar-refractivity contribution in [3.8, 4) is 0 Å². The first-order chi connectivity index (χ1) is 11.0. The summed E-state index contributed by atoms with van der Waals surface area (Å²) in [6, 6.07) is 5.39. The number of fused-ring (bicyclic) bond motifs is 1. The van der Waals surface area contributed by atoms with Crippen LogP contribution in [0.15, 0.2) is 28.9 Å². The number of hydrogen-bond donors (Lipinski definition) is 2. The van der Waals surface area contributed by atoms with Gasteiger partial charge in [-0.2, -0.15) is 0 Å². The maximum Gasteiger partial charge on any atom is 0.272 e. The summed E-state index contributed by atoms with van der Waals surface area (Å²) in [6.07, 6.45) is 2.49. The highest BCUT2D eigenvalue weighted by Gasteiger charge is 2.20. The van der Waals surface area contributed by atoms with Crippen LogP contribution >= 0.6 is 28.3 Å². The predicted octanol–water partition coefficient (Wildman–Crippen LogP) is 4.29. The number of carbonyl (C=O) groups is 1. The van der Waals surface area contributed by atoms with Crippen LogP contribution in [0.25, 0.3) is 0 Å². The Kier molecular flexibility index (Phi) is 6.06. The second-order valence-corrected chi connectivity index (χ2v) is 6.91. The molecule has 0 aliphatic carbocycles. The average molecular weight is 417 g/mol. The van der Waals surface area contributed by atoms with E-state index in [2.05, 4.69) is 26.6 Å². The van der Waals surface area contributed by atoms with E-state index in [1.807, 2.05) is 30.7 Å². The molecule has 2 heterocycles. The van der Waals surface area contributed by atoms with Gasteiger partial charge < -0.3 is 15.2 Å². The summed E-state index contributed by atoms with van der Waals surface area (Å²) >= 11 is 3.39. The van der Waals surface area contributed by atoms with Crippen molar-refractivity contribution in [1.82, 2.24) is 9.88 Å². The molecule has 7 heteroatoms. The van der Waals surface area contributed by atoms with Gasteiger partial charge in [0.05, 0.1) is 5.69 Å². The number of amides is 1. The van der Waals surface area contributed by atoms with Crippen molar-refractivity contribution in [2.24, 2.45) is 0 Å². The number of aromatic nitrogens is 1. The van der Waals surface area contributed by atoms with E-state index in [9.17, 15) is 9.18 Å². The highest BCUT2D eigenvalue weighted by atomic mass is 79.9. The molecule has 24 heavy (non-hydrogen) atoms. The topological polar surface area (TPSA) is 46.1 Å². The molecule has 1 amide bonds. The second kappa shape index (κ2) is 7.68. The molecule has 1 aromatic heterocycles. The maximum atomic E-state index is 14.6. The highest BCUT2D eigenvalue weighted by Crippen LogP contribution is 2.26. The second-order valence-electron chi connectivity index (χ2n) is 5.99. The molecule has 1 aliphatic heterocycles. The smallest absolute Gasteiger partial charge is 0.272 e. The normalized spacial score (nSPS) is 13.4. The summed E-state index contributed by atoms with van der Waals surface area (Å²) in [5.74, 6) is -0.628. The lowest BCUT2D eigenvalue weighted by molar-refractivity contribution is 0.101. The minimum absolute atomic E-state index is 0. The van der Waals surface area contributed by atoms with E-state index in [1.54, 1.807) is 12.1 Å². The number of anilines is 1. The number of nitrogens with one attached hydrogen (secondary N) is 2. The molecule has 2 aromatic rings. The lowest BCUT2D eigenvalue weighted by Gasteiger charge is -2.19. The van der Waals surface area contributed by atoms with E-state index in [0.717, 1.165) is 16.6 Å². The Labute approximate surface area is 155 Å². The number of halogens is 3. The van der Waals surface area contributed by atoms with Crippen LogP contribution in [-0.2, 0) is 13.0 Å². The Morgan fingerprint density at radius 3 is 2.88 bits per heavy atom. The number of hydrogen-bond acceptors (Lipinski definition) is 2. The van der Waals surface area contributed by atoms with Gasteiger partial charge in [0.25, 0.3) is 5.91 Å². The summed E-state index contributed by atoms with van der Waals surface area (Å²) < 4.78 is 17.3. The van der Waals surface area contributed by atoms with Gasteiger partial charge >= 0.3 is 0 Å². The molecule has 1 aromatic carbocycles. The van der Waals surface area contributed by atoms with Crippen LogP contribution in [0.2, 0.25) is 0 Å². The molecular weight excluding hydrogens is 397 g/mol. The number of benzene rings is 1. The largest absolute Gasteiger partial charge is 0.340 e. The fourth-order valence-electron chi connectivity index (χ4n) is 2.87. The van der Waals surface area contributed by atoms with Gasteiger partial charge in [-0.05, 0) is 66.0 Å². The maximum absolute atomic E-state index is 14.6. The van der Waals surface area contributed by atoms with Gasteiger partial charge in [0.1, 0.15) is 11.5 Å². The van der Waals surface area contributed by atoms with Crippen LogP contribution in [0.3, 0.4) is 0 Å². The van der Waals surface area contributed by atoms with Gasteiger partial charge in [-0.1, -0.05) is 6.07 Å². The van der Waals surface area contributed by atoms with E-state index in [4.69, 9.17) is 0 Å². The average Bonchev–Trinajstić information content (AvgIpc) is 2.93. The minimum Gasteiger partial charge on any atom is -0.340 e. The zero-order valence-electron chi connectivity index (χ0n) is 13.5. The molecule has 0 bridgehead atoms. The molecule has 4 nitrogen and oxygen atoms in total. The zero-order valence-corrected chi connectivity index (χ0v) is 15.9. The summed E-state index contributed by atoms with van der Waals surface area (Å²) in [5.41, 5.74) is 2.40. The third kappa shape index (κ3) is 3.66. The van der Waals surface area contributed by atoms with Crippen LogP contribution in [0.1, 0.15) is 41.5 Å². The lowest BCUT2D eigenvalue weighted by atomic mass is 9.99. The summed E-state index contributed by atoms with van der Waals surface area (Å²) in [5, 5.41) is 5.92. The zero-order chi connectivity index (χ0) is 16.6.